The van der Waals surface area contributed by atoms with Crippen molar-refractivity contribution >= 4 is 5.91 Å². The third kappa shape index (κ3) is 32.9. The zero-order chi connectivity index (χ0) is 64.7. The molecule has 89 heavy (non-hydrogen) atoms. The van der Waals surface area contributed by atoms with Crippen molar-refractivity contribution < 1.29 is 89.4 Å². The van der Waals surface area contributed by atoms with Gasteiger partial charge in [-0.05, 0) is 96.3 Å². The average molecular weight is 1260 g/mol. The lowest BCUT2D eigenvalue weighted by Crippen LogP contribution is -2.66. The minimum atomic E-state index is -1.98. The van der Waals surface area contributed by atoms with Gasteiger partial charge in [0, 0.05) is 6.42 Å². The fraction of sp³-hybridized carbons (Fsp3) is 0.671. The first kappa shape index (κ1) is 79.2. The minimum absolute atomic E-state index is 0.241. The number of ether oxygens (including phenoxy) is 6. The van der Waals surface area contributed by atoms with Crippen LogP contribution in [0.5, 0.6) is 0 Å². The van der Waals surface area contributed by atoms with Crippen LogP contribution in [0.15, 0.2) is 134 Å². The van der Waals surface area contributed by atoms with Gasteiger partial charge in [0.2, 0.25) is 5.91 Å². The highest BCUT2D eigenvalue weighted by Gasteiger charge is 2.53. The fourth-order valence-electron chi connectivity index (χ4n) is 10.1. The summed E-state index contributed by atoms with van der Waals surface area (Å²) in [6, 6.07) is -0.898. The molecule has 3 aliphatic heterocycles. The van der Waals surface area contributed by atoms with Gasteiger partial charge in [0.1, 0.15) is 73.2 Å². The van der Waals surface area contributed by atoms with Crippen molar-refractivity contribution in [2.75, 3.05) is 26.4 Å². The SMILES string of the molecule is CC/C=C\C/C=C\C/C=C\C/C=C\C/C=C\C/C=C\C/C=C\C/C=C\C/C=C\C/C=C\C/C=C\CCCCCCCCCC(=O)NC(COC1OC(CO)C(OC2OC(CO)C(OC3OC(CO)C(O)C(O)C3O)C(O)C2O)C(O)C1O)C(O)CCCCC. The van der Waals surface area contributed by atoms with E-state index in [9.17, 15) is 61.0 Å². The molecule has 3 heterocycles. The van der Waals surface area contributed by atoms with Crippen molar-refractivity contribution in [3.8, 4) is 0 Å². The summed E-state index contributed by atoms with van der Waals surface area (Å²) in [5.74, 6) is -0.274. The fourth-order valence-corrected chi connectivity index (χ4v) is 10.1. The largest absolute Gasteiger partial charge is 0.394 e. The molecule has 506 valence electrons. The summed E-state index contributed by atoms with van der Waals surface area (Å²) in [4.78, 5) is 13.2. The van der Waals surface area contributed by atoms with E-state index in [0.717, 1.165) is 128 Å². The van der Waals surface area contributed by atoms with Gasteiger partial charge in [0.15, 0.2) is 18.9 Å². The van der Waals surface area contributed by atoms with Crippen LogP contribution in [-0.4, -0.2) is 193 Å². The number of unbranched alkanes of at least 4 members (excludes halogenated alkanes) is 9. The number of allylic oxidation sites excluding steroid dienone is 22. The first-order valence-corrected chi connectivity index (χ1v) is 32.9. The van der Waals surface area contributed by atoms with E-state index in [2.05, 4.69) is 146 Å². The number of hydrogen-bond acceptors (Lipinski definition) is 18. The van der Waals surface area contributed by atoms with Crippen molar-refractivity contribution in [2.24, 2.45) is 0 Å². The van der Waals surface area contributed by atoms with Gasteiger partial charge < -0.3 is 89.9 Å². The van der Waals surface area contributed by atoms with Crippen LogP contribution in [0.2, 0.25) is 0 Å². The molecule has 17 unspecified atom stereocenters. The molecule has 12 N–H and O–H groups in total. The number of carbonyl (C=O) groups excluding carboxylic acids is 1. The molecule has 19 nitrogen and oxygen atoms in total. The number of aliphatic hydroxyl groups is 11. The highest BCUT2D eigenvalue weighted by atomic mass is 16.8. The molecule has 0 aromatic heterocycles. The molecule has 0 aliphatic carbocycles. The Labute approximate surface area is 530 Å². The highest BCUT2D eigenvalue weighted by molar-refractivity contribution is 5.76. The number of carbonyl (C=O) groups is 1. The zero-order valence-corrected chi connectivity index (χ0v) is 53.1. The number of aliphatic hydroxyl groups excluding tert-OH is 11. The van der Waals surface area contributed by atoms with Crippen molar-refractivity contribution in [1.29, 1.82) is 0 Å². The molecule has 19 heteroatoms. The number of amides is 1. The molecule has 0 aromatic carbocycles. The molecule has 3 saturated heterocycles. The molecule has 3 fully saturated rings. The van der Waals surface area contributed by atoms with Gasteiger partial charge in [0.25, 0.3) is 0 Å². The van der Waals surface area contributed by atoms with E-state index in [1.54, 1.807) is 0 Å². The maximum absolute atomic E-state index is 13.2. The first-order valence-electron chi connectivity index (χ1n) is 32.9. The van der Waals surface area contributed by atoms with Gasteiger partial charge in [0.05, 0.1) is 38.6 Å². The molecule has 3 aliphatic rings. The van der Waals surface area contributed by atoms with Crippen molar-refractivity contribution in [3.05, 3.63) is 134 Å². The van der Waals surface area contributed by atoms with Gasteiger partial charge in [-0.3, -0.25) is 4.79 Å². The molecular formula is C70H113NO18. The molecule has 0 bridgehead atoms. The Morgan fingerprint density at radius 2 is 0.775 bits per heavy atom. The molecule has 1 amide bonds. The van der Waals surface area contributed by atoms with Gasteiger partial charge in [-0.2, -0.15) is 0 Å². The second-order valence-corrected chi connectivity index (χ2v) is 22.8. The predicted octanol–water partition coefficient (Wildman–Crippen LogP) is 7.82. The smallest absolute Gasteiger partial charge is 0.220 e. The Kier molecular flexibility index (Phi) is 44.9. The van der Waals surface area contributed by atoms with E-state index in [4.69, 9.17) is 28.4 Å². The zero-order valence-electron chi connectivity index (χ0n) is 53.1. The van der Waals surface area contributed by atoms with Gasteiger partial charge in [-0.25, -0.2) is 0 Å². The lowest BCUT2D eigenvalue weighted by molar-refractivity contribution is -0.379. The summed E-state index contributed by atoms with van der Waals surface area (Å²) in [6.07, 6.45) is 44.0. The van der Waals surface area contributed by atoms with Gasteiger partial charge in [-0.1, -0.05) is 199 Å². The lowest BCUT2D eigenvalue weighted by Gasteiger charge is -2.48. The quantitative estimate of drug-likeness (QED) is 0.0204. The Bertz CT molecular complexity index is 2130. The first-order chi connectivity index (χ1) is 43.3. The van der Waals surface area contributed by atoms with Crippen LogP contribution in [0, 0.1) is 0 Å². The molecule has 3 rings (SSSR count). The van der Waals surface area contributed by atoms with Crippen molar-refractivity contribution in [2.45, 2.75) is 272 Å². The summed E-state index contributed by atoms with van der Waals surface area (Å²) >= 11 is 0. The monoisotopic (exact) mass is 1260 g/mol. The molecular weight excluding hydrogens is 1140 g/mol. The van der Waals surface area contributed by atoms with E-state index in [0.29, 0.717) is 19.3 Å². The second kappa shape index (κ2) is 50.5. The molecule has 17 atom stereocenters. The number of hydrogen-bond donors (Lipinski definition) is 12. The summed E-state index contributed by atoms with van der Waals surface area (Å²) in [5, 5.41) is 119. The van der Waals surface area contributed by atoms with Crippen molar-refractivity contribution in [3.63, 3.8) is 0 Å². The third-order valence-electron chi connectivity index (χ3n) is 15.5. The van der Waals surface area contributed by atoms with Crippen LogP contribution in [0.4, 0.5) is 0 Å². The standard InChI is InChI=1S/C70H113NO18/c1-3-5-7-8-9-10-11-12-13-14-15-16-17-18-19-20-21-22-23-24-25-26-27-28-29-30-31-32-33-34-35-36-37-38-39-40-41-42-43-44-46-48-58(76)71-53(54(75)47-45-6-4-2)52-84-68-64(82)61(79)66(56(50-73)86-68)89-70-65(83)62(80)67(57(51-74)87-70)88-69-63(81)60(78)59(77)55(49-72)85-69/h5,7,9-10,12-13,15-16,18-19,21-22,24-25,27-28,30-31,33-34,36-37,53-57,59-70,72-75,77-83H,3-4,6,8,11,14,17,20,23,26,29,32,35,38-52H2,1-2H3,(H,71,76)/b7-5-,10-9-,13-12-,16-15-,19-18-,22-21-,25-24-,28-27-,31-30-,34-33-,37-36-. The predicted molar refractivity (Wildman–Crippen MR) is 346 cm³/mol. The van der Waals surface area contributed by atoms with Crippen LogP contribution in [0.3, 0.4) is 0 Å². The normalized spacial score (nSPS) is 29.1. The number of rotatable bonds is 47. The van der Waals surface area contributed by atoms with Crippen LogP contribution in [0.25, 0.3) is 0 Å². The summed E-state index contributed by atoms with van der Waals surface area (Å²) < 4.78 is 34.0. The van der Waals surface area contributed by atoms with E-state index in [1.807, 2.05) is 6.92 Å². The Hall–Kier alpha value is -4.07. The molecule has 0 radical (unpaired) electrons. The Balaban J connectivity index is 1.24. The van der Waals surface area contributed by atoms with E-state index in [-0.39, 0.29) is 18.9 Å². The second-order valence-electron chi connectivity index (χ2n) is 22.8. The molecule has 0 saturated carbocycles. The summed E-state index contributed by atoms with van der Waals surface area (Å²) in [6.45, 7) is 1.44. The topological polar surface area (TPSA) is 307 Å². The van der Waals surface area contributed by atoms with Crippen LogP contribution >= 0.6 is 0 Å². The maximum atomic E-state index is 13.2. The maximum Gasteiger partial charge on any atom is 0.220 e. The van der Waals surface area contributed by atoms with E-state index >= 15 is 0 Å². The minimum Gasteiger partial charge on any atom is -0.394 e. The van der Waals surface area contributed by atoms with Gasteiger partial charge >= 0.3 is 0 Å². The Morgan fingerprint density at radius 3 is 1.19 bits per heavy atom. The van der Waals surface area contributed by atoms with Crippen LogP contribution < -0.4 is 5.32 Å². The van der Waals surface area contributed by atoms with E-state index in [1.165, 1.54) is 0 Å². The van der Waals surface area contributed by atoms with Crippen molar-refractivity contribution in [1.82, 2.24) is 5.32 Å². The number of nitrogens with one attached hydrogen (secondary N) is 1. The average Bonchev–Trinajstić information content (AvgIpc) is 1.74. The molecule has 0 spiro atoms. The highest BCUT2D eigenvalue weighted by Crippen LogP contribution is 2.33. The third-order valence-corrected chi connectivity index (χ3v) is 15.5. The summed E-state index contributed by atoms with van der Waals surface area (Å²) in [7, 11) is 0. The lowest BCUT2D eigenvalue weighted by atomic mass is 9.96. The summed E-state index contributed by atoms with van der Waals surface area (Å²) in [5.41, 5.74) is 0. The Morgan fingerprint density at radius 1 is 0.416 bits per heavy atom. The van der Waals surface area contributed by atoms with Crippen LogP contribution in [0.1, 0.15) is 168 Å². The van der Waals surface area contributed by atoms with E-state index < -0.39 is 124 Å². The van der Waals surface area contributed by atoms with Crippen LogP contribution in [-0.2, 0) is 33.2 Å². The van der Waals surface area contributed by atoms with Gasteiger partial charge in [-0.15, -0.1) is 0 Å². The molecule has 0 aromatic rings.